The predicted molar refractivity (Wildman–Crippen MR) is 219 cm³/mol. The van der Waals surface area contributed by atoms with Crippen molar-refractivity contribution in [3.63, 3.8) is 0 Å². The van der Waals surface area contributed by atoms with Gasteiger partial charge in [0.1, 0.15) is 0 Å². The molecule has 0 aliphatic heterocycles. The van der Waals surface area contributed by atoms with E-state index in [0.29, 0.717) is 11.1 Å². The molecule has 8 aromatic carbocycles. The summed E-state index contributed by atoms with van der Waals surface area (Å²) in [5.74, 6) is 0.447. The van der Waals surface area contributed by atoms with Gasteiger partial charge < -0.3 is 0 Å². The van der Waals surface area contributed by atoms with Crippen molar-refractivity contribution < 1.29 is 11.0 Å². The number of nitrogens with zero attached hydrogens (tertiary/aromatic N) is 4. The number of aromatic nitrogens is 4. The van der Waals surface area contributed by atoms with Crippen molar-refractivity contribution in [3.8, 4) is 62.1 Å². The summed E-state index contributed by atoms with van der Waals surface area (Å²) in [7, 11) is 0. The van der Waals surface area contributed by atoms with Gasteiger partial charge in [-0.25, -0.2) is 4.98 Å². The lowest BCUT2D eigenvalue weighted by Gasteiger charge is -2.14. The third kappa shape index (κ3) is 5.45. The zero-order chi connectivity index (χ0) is 42.1. The van der Waals surface area contributed by atoms with Crippen LogP contribution in [-0.2, 0) is 0 Å². The Labute approximate surface area is 318 Å². The first-order valence-electron chi connectivity index (χ1n) is 21.2. The second-order valence-electron chi connectivity index (χ2n) is 12.7. The molecule has 0 unspecified atom stereocenters. The monoisotopic (exact) mass is 684 g/mol. The van der Waals surface area contributed by atoms with Crippen molar-refractivity contribution in [2.45, 2.75) is 0 Å². The summed E-state index contributed by atoms with van der Waals surface area (Å²) in [4.78, 5) is 14.6. The van der Waals surface area contributed by atoms with E-state index in [1.54, 1.807) is 0 Å². The Morgan fingerprint density at radius 2 is 0.811 bits per heavy atom. The van der Waals surface area contributed by atoms with Crippen molar-refractivity contribution >= 4 is 32.6 Å². The first-order valence-corrected chi connectivity index (χ1v) is 17.2. The Hall–Kier alpha value is -7.17. The summed E-state index contributed by atoms with van der Waals surface area (Å²) < 4.78 is 71.1. The molecule has 0 N–H and O–H groups in total. The molecule has 0 atom stereocenters. The largest absolute Gasteiger partial charge is 0.278 e. The molecule has 2 heterocycles. The number of hydrogen-bond acceptors (Lipinski definition) is 3. The minimum absolute atomic E-state index is 0.0535. The highest BCUT2D eigenvalue weighted by atomic mass is 15.2. The Bertz CT molecular complexity index is 3290. The number of fused-ring (bicyclic) bond motifs is 4. The van der Waals surface area contributed by atoms with Crippen molar-refractivity contribution in [3.05, 3.63) is 194 Å². The van der Waals surface area contributed by atoms with Crippen LogP contribution >= 0.6 is 0 Å². The lowest BCUT2D eigenvalue weighted by Crippen LogP contribution is -2.06. The standard InChI is InChI=1S/C49H32N4/c1-3-13-33(14-4-1)34-25-27-35(28-26-34)40-21-11-17-37-18-12-22-41(46(37)40)36-29-31-39(32-30-36)48-50-47(38-15-5-2-6-16-38)51-49(52-48)53-44-23-9-7-19-42(44)43-20-8-10-24-45(43)53/h1-32H/i7D,8D,9D,10D,19D,20D,23D,24D. The van der Waals surface area contributed by atoms with E-state index >= 15 is 0 Å². The van der Waals surface area contributed by atoms with Crippen molar-refractivity contribution in [2.75, 3.05) is 0 Å². The smallest absolute Gasteiger partial charge is 0.238 e. The van der Waals surface area contributed by atoms with E-state index in [4.69, 9.17) is 25.9 Å². The zero-order valence-electron chi connectivity index (χ0n) is 36.1. The van der Waals surface area contributed by atoms with Crippen LogP contribution in [0.2, 0.25) is 0 Å². The summed E-state index contributed by atoms with van der Waals surface area (Å²) in [5, 5.41) is 2.10. The van der Waals surface area contributed by atoms with E-state index in [1.165, 1.54) is 4.57 Å². The molecule has 4 heteroatoms. The molecule has 10 rings (SSSR count). The topological polar surface area (TPSA) is 43.6 Å². The van der Waals surface area contributed by atoms with Gasteiger partial charge in [-0.05, 0) is 56.2 Å². The van der Waals surface area contributed by atoms with Crippen LogP contribution in [0.4, 0.5) is 0 Å². The van der Waals surface area contributed by atoms with Crippen molar-refractivity contribution in [1.29, 1.82) is 0 Å². The fourth-order valence-corrected chi connectivity index (χ4v) is 7.02. The van der Waals surface area contributed by atoms with Gasteiger partial charge in [-0.3, -0.25) is 4.57 Å². The summed E-state index contributed by atoms with van der Waals surface area (Å²) in [5.41, 5.74) is 7.65. The first kappa shape index (κ1) is 23.3. The predicted octanol–water partition coefficient (Wildman–Crippen LogP) is 12.5. The molecule has 0 amide bonds. The molecule has 0 bridgehead atoms. The van der Waals surface area contributed by atoms with E-state index in [1.807, 2.05) is 78.9 Å². The van der Waals surface area contributed by atoms with E-state index < -0.39 is 48.3 Å². The van der Waals surface area contributed by atoms with Crippen LogP contribution in [-0.4, -0.2) is 19.5 Å². The van der Waals surface area contributed by atoms with Gasteiger partial charge in [0.25, 0.3) is 0 Å². The molecule has 4 nitrogen and oxygen atoms in total. The molecule has 0 spiro atoms. The Kier molecular flexibility index (Phi) is 5.66. The maximum atomic E-state index is 9.01. The molecule has 0 saturated heterocycles. The summed E-state index contributed by atoms with van der Waals surface area (Å²) >= 11 is 0. The summed E-state index contributed by atoms with van der Waals surface area (Å²) in [6, 6.07) is 44.8. The van der Waals surface area contributed by atoms with Crippen LogP contribution in [0.5, 0.6) is 0 Å². The Morgan fingerprint density at radius 1 is 0.377 bits per heavy atom. The Balaban J connectivity index is 1.15. The van der Waals surface area contributed by atoms with Crippen LogP contribution in [0.15, 0.2) is 194 Å². The number of para-hydroxylation sites is 2. The van der Waals surface area contributed by atoms with Gasteiger partial charge in [0.05, 0.1) is 22.0 Å². The molecule has 10 aromatic rings. The molecule has 53 heavy (non-hydrogen) atoms. The third-order valence-corrected chi connectivity index (χ3v) is 9.55. The van der Waals surface area contributed by atoms with Gasteiger partial charge in [-0.15, -0.1) is 0 Å². The molecular formula is C49H32N4. The average molecular weight is 685 g/mol. The van der Waals surface area contributed by atoms with Crippen molar-refractivity contribution in [2.24, 2.45) is 0 Å². The van der Waals surface area contributed by atoms with Gasteiger partial charge in [0.2, 0.25) is 5.95 Å². The van der Waals surface area contributed by atoms with Crippen LogP contribution in [0.1, 0.15) is 11.0 Å². The zero-order valence-corrected chi connectivity index (χ0v) is 28.1. The minimum atomic E-state index is -0.523. The molecule has 2 aromatic heterocycles. The molecule has 0 aliphatic carbocycles. The molecule has 0 radical (unpaired) electrons. The van der Waals surface area contributed by atoms with Gasteiger partial charge in [-0.2, -0.15) is 9.97 Å². The molecule has 0 aliphatic rings. The number of hydrogen-bond donors (Lipinski definition) is 0. The lowest BCUT2D eigenvalue weighted by atomic mass is 9.90. The highest BCUT2D eigenvalue weighted by Gasteiger charge is 2.18. The third-order valence-electron chi connectivity index (χ3n) is 9.55. The van der Waals surface area contributed by atoms with E-state index in [9.17, 15) is 0 Å². The number of rotatable bonds is 6. The van der Waals surface area contributed by atoms with Crippen LogP contribution < -0.4 is 0 Å². The lowest BCUT2D eigenvalue weighted by molar-refractivity contribution is 0.953. The van der Waals surface area contributed by atoms with Crippen molar-refractivity contribution in [1.82, 2.24) is 19.5 Å². The minimum Gasteiger partial charge on any atom is -0.278 e. The second kappa shape index (κ2) is 12.9. The van der Waals surface area contributed by atoms with Crippen LogP contribution in [0.25, 0.3) is 94.7 Å². The normalized spacial score (nSPS) is 13.5. The average Bonchev–Trinajstić information content (AvgIpc) is 3.68. The van der Waals surface area contributed by atoms with E-state index in [-0.39, 0.29) is 39.4 Å². The highest BCUT2D eigenvalue weighted by Crippen LogP contribution is 2.38. The maximum absolute atomic E-state index is 9.01. The summed E-state index contributed by atoms with van der Waals surface area (Å²) in [6.45, 7) is 0. The fourth-order valence-electron chi connectivity index (χ4n) is 7.02. The van der Waals surface area contributed by atoms with Gasteiger partial charge in [0, 0.05) is 21.9 Å². The maximum Gasteiger partial charge on any atom is 0.238 e. The first-order chi connectivity index (χ1) is 29.6. The van der Waals surface area contributed by atoms with Crippen LogP contribution in [0, 0.1) is 0 Å². The molecular weight excluding hydrogens is 645 g/mol. The molecule has 0 fully saturated rings. The Morgan fingerprint density at radius 3 is 1.36 bits per heavy atom. The SMILES string of the molecule is [2H]c1c([2H])c([2H])c2c(c1[2H])c1c([2H])c([2H])c([2H])c([2H])c1n2-c1nc(-c2ccccc2)nc(-c2ccc(-c3cccc4cccc(-c5ccc(-c6ccccc6)cc5)c34)cc2)n1. The van der Waals surface area contributed by atoms with Gasteiger partial charge in [-0.1, -0.05) is 182 Å². The second-order valence-corrected chi connectivity index (χ2v) is 12.7. The quantitative estimate of drug-likeness (QED) is 0.175. The van der Waals surface area contributed by atoms with E-state index in [0.717, 1.165) is 44.2 Å². The highest BCUT2D eigenvalue weighted by molar-refractivity contribution is 6.09. The van der Waals surface area contributed by atoms with Crippen LogP contribution in [0.3, 0.4) is 0 Å². The number of benzene rings is 8. The van der Waals surface area contributed by atoms with Gasteiger partial charge in [0.15, 0.2) is 11.6 Å². The molecule has 248 valence electrons. The fraction of sp³-hybridized carbons (Fsp3) is 0. The summed E-state index contributed by atoms with van der Waals surface area (Å²) in [6.07, 6.45) is 0. The van der Waals surface area contributed by atoms with Gasteiger partial charge >= 0.3 is 0 Å². The molecule has 0 saturated carbocycles. The van der Waals surface area contributed by atoms with E-state index in [2.05, 4.69) is 66.7 Å².